The van der Waals surface area contributed by atoms with Gasteiger partial charge in [-0.1, -0.05) is 29.3 Å². The van der Waals surface area contributed by atoms with Crippen LogP contribution in [0.15, 0.2) is 88.4 Å². The molecule has 2 heterocycles. The summed E-state index contributed by atoms with van der Waals surface area (Å²) in [6, 6.07) is 24.2. The van der Waals surface area contributed by atoms with Crippen molar-refractivity contribution in [2.24, 2.45) is 5.10 Å². The fourth-order valence-corrected chi connectivity index (χ4v) is 5.82. The predicted molar refractivity (Wildman–Crippen MR) is 184 cm³/mol. The van der Waals surface area contributed by atoms with Crippen molar-refractivity contribution in [1.82, 2.24) is 9.99 Å². The van der Waals surface area contributed by atoms with Crippen molar-refractivity contribution in [3.8, 4) is 22.9 Å². The molecule has 0 bridgehead atoms. The van der Waals surface area contributed by atoms with E-state index >= 15 is 0 Å². The van der Waals surface area contributed by atoms with Crippen LogP contribution in [0.2, 0.25) is 10.0 Å². The number of halogens is 3. The van der Waals surface area contributed by atoms with E-state index in [2.05, 4.69) is 63.7 Å². The minimum absolute atomic E-state index is 0.119. The van der Waals surface area contributed by atoms with Crippen molar-refractivity contribution < 1.29 is 23.4 Å². The number of benzene rings is 3. The third-order valence-electron chi connectivity index (χ3n) is 6.73. The van der Waals surface area contributed by atoms with Gasteiger partial charge < -0.3 is 23.2 Å². The van der Waals surface area contributed by atoms with Gasteiger partial charge >= 0.3 is 5.91 Å². The van der Waals surface area contributed by atoms with Gasteiger partial charge in [0.1, 0.15) is 24.7 Å². The molecule has 0 saturated heterocycles. The van der Waals surface area contributed by atoms with E-state index in [1.54, 1.807) is 30.3 Å². The normalized spacial score (nSPS) is 11.2. The monoisotopic (exact) mass is 757 g/mol. The van der Waals surface area contributed by atoms with Gasteiger partial charge in [0, 0.05) is 32.7 Å². The van der Waals surface area contributed by atoms with Crippen LogP contribution >= 0.6 is 45.8 Å². The average Bonchev–Trinajstić information content (AvgIpc) is 3.63. The Morgan fingerprint density at radius 2 is 1.69 bits per heavy atom. The van der Waals surface area contributed by atoms with E-state index in [4.69, 9.17) is 41.8 Å². The van der Waals surface area contributed by atoms with Crippen LogP contribution in [0.25, 0.3) is 5.69 Å². The van der Waals surface area contributed by atoms with E-state index in [1.807, 2.05) is 43.3 Å². The quantitative estimate of drug-likeness (QED) is 0.0781. The molecule has 11 heteroatoms. The average molecular weight is 758 g/mol. The van der Waals surface area contributed by atoms with Crippen LogP contribution in [0.5, 0.6) is 17.2 Å². The molecule has 0 aliphatic carbocycles. The smallest absolute Gasteiger partial charge is 0.307 e. The van der Waals surface area contributed by atoms with Crippen LogP contribution in [0.3, 0.4) is 0 Å². The summed E-state index contributed by atoms with van der Waals surface area (Å²) in [6.45, 7) is 6.89. The Morgan fingerprint density at radius 1 is 0.933 bits per heavy atom. The van der Waals surface area contributed by atoms with Gasteiger partial charge in [-0.05, 0) is 122 Å². The van der Waals surface area contributed by atoms with Gasteiger partial charge in [-0.2, -0.15) is 5.10 Å². The topological polar surface area (TPSA) is 87.2 Å². The summed E-state index contributed by atoms with van der Waals surface area (Å²) < 4.78 is 26.4. The molecule has 0 saturated carbocycles. The Hall–Kier alpha value is -3.93. The minimum atomic E-state index is -0.487. The molecular weight excluding hydrogens is 728 g/mol. The number of aromatic nitrogens is 1. The molecule has 0 spiro atoms. The zero-order chi connectivity index (χ0) is 31.9. The second-order valence-electron chi connectivity index (χ2n) is 9.99. The van der Waals surface area contributed by atoms with Gasteiger partial charge in [0.05, 0.1) is 16.4 Å². The number of furan rings is 1. The maximum atomic E-state index is 12.7. The first-order chi connectivity index (χ1) is 21.7. The highest BCUT2D eigenvalue weighted by Crippen LogP contribution is 2.35. The summed E-state index contributed by atoms with van der Waals surface area (Å²) in [7, 11) is 0. The van der Waals surface area contributed by atoms with Crippen molar-refractivity contribution in [1.29, 1.82) is 0 Å². The fraction of sp³-hybridized carbons (Fsp3) is 0.176. The van der Waals surface area contributed by atoms with E-state index in [1.165, 1.54) is 6.21 Å². The van der Waals surface area contributed by atoms with Crippen molar-refractivity contribution >= 4 is 57.9 Å². The van der Waals surface area contributed by atoms with Crippen LogP contribution in [0, 0.1) is 17.4 Å². The van der Waals surface area contributed by atoms with E-state index in [0.717, 1.165) is 26.2 Å². The maximum Gasteiger partial charge on any atom is 0.307 e. The molecule has 0 aliphatic heterocycles. The molecule has 0 fully saturated rings. The highest BCUT2D eigenvalue weighted by atomic mass is 127. The van der Waals surface area contributed by atoms with Crippen LogP contribution in [-0.2, 0) is 13.2 Å². The van der Waals surface area contributed by atoms with Gasteiger partial charge in [0.25, 0.3) is 0 Å². The molecule has 232 valence electrons. The number of carbonyl (C=O) groups excluding carboxylic acids is 1. The highest BCUT2D eigenvalue weighted by molar-refractivity contribution is 14.1. The summed E-state index contributed by atoms with van der Waals surface area (Å²) in [5.41, 5.74) is 7.40. The Balaban J connectivity index is 1.16. The number of aryl methyl sites for hydroxylation is 2. The van der Waals surface area contributed by atoms with Gasteiger partial charge in [-0.25, -0.2) is 5.43 Å². The summed E-state index contributed by atoms with van der Waals surface area (Å²) in [5.74, 6) is 1.96. The Morgan fingerprint density at radius 3 is 2.40 bits per heavy atom. The zero-order valence-electron chi connectivity index (χ0n) is 24.8. The maximum absolute atomic E-state index is 12.7. The molecule has 1 N–H and O–H groups in total. The van der Waals surface area contributed by atoms with E-state index in [-0.39, 0.29) is 19.0 Å². The Kier molecular flexibility index (Phi) is 10.7. The molecule has 0 radical (unpaired) electrons. The third kappa shape index (κ3) is 8.22. The molecule has 2 aromatic heterocycles. The molecule has 8 nitrogen and oxygen atoms in total. The van der Waals surface area contributed by atoms with Crippen LogP contribution in [-0.4, -0.2) is 23.3 Å². The van der Waals surface area contributed by atoms with Crippen LogP contribution in [0.4, 0.5) is 0 Å². The second kappa shape index (κ2) is 14.9. The van der Waals surface area contributed by atoms with Crippen molar-refractivity contribution in [2.45, 2.75) is 34.0 Å². The lowest BCUT2D eigenvalue weighted by Crippen LogP contribution is -2.16. The summed E-state index contributed by atoms with van der Waals surface area (Å²) in [5, 5.41) is 5.18. The zero-order valence-corrected chi connectivity index (χ0v) is 28.4. The van der Waals surface area contributed by atoms with Crippen molar-refractivity contribution in [3.63, 3.8) is 0 Å². The molecule has 0 atom stereocenters. The van der Waals surface area contributed by atoms with Gasteiger partial charge in [-0.3, -0.25) is 4.79 Å². The first-order valence-electron chi connectivity index (χ1n) is 14.0. The largest absolute Gasteiger partial charge is 0.490 e. The minimum Gasteiger partial charge on any atom is -0.490 e. The number of carbonyl (C=O) groups is 1. The van der Waals surface area contributed by atoms with Gasteiger partial charge in [0.15, 0.2) is 17.3 Å². The molecule has 5 aromatic rings. The van der Waals surface area contributed by atoms with E-state index in [0.29, 0.717) is 45.2 Å². The number of hydrogen-bond acceptors (Lipinski definition) is 6. The SMILES string of the molecule is CCOc1cc(/C=N/NC(=O)c2ccc(COc3ccc(-n4c(C)ccc4C)cc3)o2)cc(I)c1OCc1ccc(Cl)cc1Cl. The Labute approximate surface area is 285 Å². The predicted octanol–water partition coefficient (Wildman–Crippen LogP) is 8.92. The number of ether oxygens (including phenoxy) is 3. The Bertz CT molecular complexity index is 1810. The van der Waals surface area contributed by atoms with E-state index < -0.39 is 5.91 Å². The lowest BCUT2D eigenvalue weighted by atomic mass is 10.2. The van der Waals surface area contributed by atoms with Crippen LogP contribution in [0.1, 0.15) is 45.8 Å². The molecule has 3 aromatic carbocycles. The number of hydrazone groups is 1. The molecule has 1 amide bonds. The molecule has 5 rings (SSSR count). The number of nitrogens with zero attached hydrogens (tertiary/aromatic N) is 2. The van der Waals surface area contributed by atoms with Crippen LogP contribution < -0.4 is 19.6 Å². The number of amides is 1. The van der Waals surface area contributed by atoms with E-state index in [9.17, 15) is 4.79 Å². The number of nitrogens with one attached hydrogen (secondary N) is 1. The summed E-state index contributed by atoms with van der Waals surface area (Å²) in [4.78, 5) is 12.7. The summed E-state index contributed by atoms with van der Waals surface area (Å²) in [6.07, 6.45) is 1.52. The first-order valence-corrected chi connectivity index (χ1v) is 15.9. The molecule has 0 unspecified atom stereocenters. The highest BCUT2D eigenvalue weighted by Gasteiger charge is 2.14. The number of hydrogen-bond donors (Lipinski definition) is 1. The lowest BCUT2D eigenvalue weighted by molar-refractivity contribution is 0.0923. The van der Waals surface area contributed by atoms with Crippen molar-refractivity contribution in [2.75, 3.05) is 6.61 Å². The third-order valence-corrected chi connectivity index (χ3v) is 8.12. The standard InChI is InChI=1S/C34H30Cl2IN3O5/c1-4-42-32-16-23(15-30(37)33(32)44-19-24-7-8-25(35)17-29(24)36)18-38-39-34(41)31-14-13-28(45-31)20-43-27-11-9-26(10-12-27)40-21(2)5-6-22(40)3/h5-18H,4,19-20H2,1-3H3,(H,39,41)/b38-18+. The molecular formula is C34H30Cl2IN3O5. The molecule has 45 heavy (non-hydrogen) atoms. The van der Waals surface area contributed by atoms with Gasteiger partial charge in [0.2, 0.25) is 0 Å². The molecule has 0 aliphatic rings. The lowest BCUT2D eigenvalue weighted by Gasteiger charge is -2.15. The summed E-state index contributed by atoms with van der Waals surface area (Å²) >= 11 is 14.5. The first kappa shape index (κ1) is 32.5. The van der Waals surface area contributed by atoms with Crippen molar-refractivity contribution in [3.05, 3.63) is 127 Å². The van der Waals surface area contributed by atoms with Gasteiger partial charge in [-0.15, -0.1) is 0 Å². The second-order valence-corrected chi connectivity index (χ2v) is 12.0. The number of rotatable bonds is 12. The fourth-order valence-electron chi connectivity index (χ4n) is 4.57.